The van der Waals surface area contributed by atoms with Crippen molar-refractivity contribution in [2.75, 3.05) is 0 Å². The van der Waals surface area contributed by atoms with Crippen molar-refractivity contribution in [3.63, 3.8) is 0 Å². The number of benzene rings is 1. The van der Waals surface area contributed by atoms with Crippen LogP contribution in [0.3, 0.4) is 0 Å². The smallest absolute Gasteiger partial charge is 0.242 e. The SMILES string of the molecule is CCC(C)NC(=O)C1(S(=O)(=O)c2ccc(Cl)cc2)CCCC1. The molecule has 1 aliphatic rings. The molecule has 1 aromatic rings. The van der Waals surface area contributed by atoms with Crippen LogP contribution in [0.5, 0.6) is 0 Å². The van der Waals surface area contributed by atoms with Crippen LogP contribution in [0.1, 0.15) is 46.0 Å². The van der Waals surface area contributed by atoms with Gasteiger partial charge in [-0.15, -0.1) is 0 Å². The third-order valence-electron chi connectivity index (χ3n) is 4.45. The Bertz CT molecular complexity index is 634. The fraction of sp³-hybridized carbons (Fsp3) is 0.562. The van der Waals surface area contributed by atoms with Gasteiger partial charge in [-0.1, -0.05) is 31.4 Å². The van der Waals surface area contributed by atoms with Gasteiger partial charge in [0, 0.05) is 11.1 Å². The summed E-state index contributed by atoms with van der Waals surface area (Å²) in [5.74, 6) is -0.366. The van der Waals surface area contributed by atoms with Crippen LogP contribution in [-0.2, 0) is 14.6 Å². The van der Waals surface area contributed by atoms with Gasteiger partial charge >= 0.3 is 0 Å². The van der Waals surface area contributed by atoms with Crippen molar-refractivity contribution in [1.29, 1.82) is 0 Å². The summed E-state index contributed by atoms with van der Waals surface area (Å²) in [5.41, 5.74) is 0. The molecule has 1 unspecified atom stereocenters. The number of hydrogen-bond donors (Lipinski definition) is 1. The number of hydrogen-bond acceptors (Lipinski definition) is 3. The number of rotatable bonds is 5. The van der Waals surface area contributed by atoms with Crippen LogP contribution >= 0.6 is 11.6 Å². The van der Waals surface area contributed by atoms with Crippen molar-refractivity contribution in [3.8, 4) is 0 Å². The lowest BCUT2D eigenvalue weighted by molar-refractivity contribution is -0.124. The number of amides is 1. The first kappa shape index (κ1) is 17.3. The minimum atomic E-state index is -3.74. The van der Waals surface area contributed by atoms with Gasteiger partial charge in [0.2, 0.25) is 5.91 Å². The van der Waals surface area contributed by atoms with Crippen LogP contribution in [0.2, 0.25) is 5.02 Å². The zero-order valence-electron chi connectivity index (χ0n) is 12.9. The summed E-state index contributed by atoms with van der Waals surface area (Å²) in [6, 6.07) is 6.01. The summed E-state index contributed by atoms with van der Waals surface area (Å²) in [6.07, 6.45) is 3.02. The van der Waals surface area contributed by atoms with Crippen LogP contribution in [0, 0.1) is 0 Å². The molecule has 0 heterocycles. The Kier molecular flexibility index (Phi) is 5.17. The Morgan fingerprint density at radius 3 is 2.32 bits per heavy atom. The van der Waals surface area contributed by atoms with E-state index in [0.717, 1.165) is 19.3 Å². The van der Waals surface area contributed by atoms with Crippen molar-refractivity contribution >= 4 is 27.3 Å². The van der Waals surface area contributed by atoms with Gasteiger partial charge in [-0.25, -0.2) is 8.42 Å². The van der Waals surface area contributed by atoms with Crippen LogP contribution in [0.15, 0.2) is 29.2 Å². The molecule has 0 saturated heterocycles. The van der Waals surface area contributed by atoms with Gasteiger partial charge in [0.15, 0.2) is 14.6 Å². The van der Waals surface area contributed by atoms with E-state index in [1.807, 2.05) is 13.8 Å². The molecule has 0 spiro atoms. The van der Waals surface area contributed by atoms with Gasteiger partial charge in [-0.05, 0) is 50.5 Å². The van der Waals surface area contributed by atoms with E-state index >= 15 is 0 Å². The van der Waals surface area contributed by atoms with Gasteiger partial charge in [-0.3, -0.25) is 4.79 Å². The van der Waals surface area contributed by atoms with Crippen molar-refractivity contribution in [1.82, 2.24) is 5.32 Å². The maximum absolute atomic E-state index is 13.1. The molecule has 4 nitrogen and oxygen atoms in total. The van der Waals surface area contributed by atoms with E-state index in [1.165, 1.54) is 12.1 Å². The van der Waals surface area contributed by atoms with Gasteiger partial charge in [0.25, 0.3) is 0 Å². The third kappa shape index (κ3) is 3.01. The Hall–Kier alpha value is -1.07. The number of nitrogens with one attached hydrogen (secondary N) is 1. The number of sulfone groups is 1. The second kappa shape index (κ2) is 6.59. The maximum Gasteiger partial charge on any atom is 0.242 e. The highest BCUT2D eigenvalue weighted by atomic mass is 35.5. The lowest BCUT2D eigenvalue weighted by Crippen LogP contribution is -2.52. The molecule has 22 heavy (non-hydrogen) atoms. The number of carbonyl (C=O) groups is 1. The monoisotopic (exact) mass is 343 g/mol. The van der Waals surface area contributed by atoms with E-state index in [0.29, 0.717) is 17.9 Å². The molecule has 1 saturated carbocycles. The first-order valence-electron chi connectivity index (χ1n) is 7.64. The summed E-state index contributed by atoms with van der Waals surface area (Å²) in [6.45, 7) is 3.84. The van der Waals surface area contributed by atoms with Crippen molar-refractivity contribution in [2.24, 2.45) is 0 Å². The van der Waals surface area contributed by atoms with Crippen LogP contribution in [-0.4, -0.2) is 25.1 Å². The van der Waals surface area contributed by atoms with E-state index < -0.39 is 14.6 Å². The zero-order valence-corrected chi connectivity index (χ0v) is 14.5. The van der Waals surface area contributed by atoms with Crippen molar-refractivity contribution in [2.45, 2.75) is 61.6 Å². The quantitative estimate of drug-likeness (QED) is 0.891. The van der Waals surface area contributed by atoms with Crippen LogP contribution in [0.4, 0.5) is 0 Å². The van der Waals surface area contributed by atoms with E-state index in [2.05, 4.69) is 5.32 Å². The summed E-state index contributed by atoms with van der Waals surface area (Å²) in [5, 5.41) is 3.33. The molecule has 1 aromatic carbocycles. The molecule has 122 valence electrons. The van der Waals surface area contributed by atoms with E-state index in [4.69, 9.17) is 11.6 Å². The van der Waals surface area contributed by atoms with Gasteiger partial charge in [-0.2, -0.15) is 0 Å². The minimum Gasteiger partial charge on any atom is -0.352 e. The highest BCUT2D eigenvalue weighted by Gasteiger charge is 2.53. The molecule has 0 aliphatic heterocycles. The molecule has 0 radical (unpaired) electrons. The highest BCUT2D eigenvalue weighted by molar-refractivity contribution is 7.93. The normalized spacial score (nSPS) is 18.9. The largest absolute Gasteiger partial charge is 0.352 e. The lowest BCUT2D eigenvalue weighted by Gasteiger charge is -2.29. The van der Waals surface area contributed by atoms with E-state index in [-0.39, 0.29) is 16.8 Å². The third-order valence-corrected chi connectivity index (χ3v) is 7.22. The molecule has 1 amide bonds. The molecule has 1 atom stereocenters. The van der Waals surface area contributed by atoms with Crippen molar-refractivity contribution < 1.29 is 13.2 Å². The molecule has 2 rings (SSSR count). The Morgan fingerprint density at radius 2 is 1.82 bits per heavy atom. The Labute approximate surface area is 137 Å². The van der Waals surface area contributed by atoms with Gasteiger partial charge < -0.3 is 5.32 Å². The second-order valence-electron chi connectivity index (χ2n) is 5.94. The van der Waals surface area contributed by atoms with Gasteiger partial charge in [0.1, 0.15) is 0 Å². The summed E-state index contributed by atoms with van der Waals surface area (Å²) >= 11 is 5.83. The fourth-order valence-corrected chi connectivity index (χ4v) is 5.06. The number of halogens is 1. The lowest BCUT2D eigenvalue weighted by atomic mass is 10.1. The first-order chi connectivity index (χ1) is 10.3. The maximum atomic E-state index is 13.1. The average molecular weight is 344 g/mol. The van der Waals surface area contributed by atoms with Crippen LogP contribution < -0.4 is 5.32 Å². The van der Waals surface area contributed by atoms with Crippen molar-refractivity contribution in [3.05, 3.63) is 29.3 Å². The molecule has 0 bridgehead atoms. The summed E-state index contributed by atoms with van der Waals surface area (Å²) in [7, 11) is -3.74. The predicted molar refractivity (Wildman–Crippen MR) is 87.7 cm³/mol. The summed E-state index contributed by atoms with van der Waals surface area (Å²) < 4.78 is 24.8. The topological polar surface area (TPSA) is 63.2 Å². The molecule has 6 heteroatoms. The van der Waals surface area contributed by atoms with E-state index in [9.17, 15) is 13.2 Å². The fourth-order valence-electron chi connectivity index (χ4n) is 2.86. The molecule has 1 aliphatic carbocycles. The standard InChI is InChI=1S/C16H22ClNO3S/c1-3-12(2)18-15(19)16(10-4-5-11-16)22(20,21)14-8-6-13(17)7-9-14/h6-9,12H,3-5,10-11H2,1-2H3,(H,18,19). The summed E-state index contributed by atoms with van der Waals surface area (Å²) in [4.78, 5) is 12.9. The molecule has 0 aromatic heterocycles. The second-order valence-corrected chi connectivity index (χ2v) is 8.64. The minimum absolute atomic E-state index is 0.0367. The highest BCUT2D eigenvalue weighted by Crippen LogP contribution is 2.41. The average Bonchev–Trinajstić information content (AvgIpc) is 2.99. The van der Waals surface area contributed by atoms with E-state index in [1.54, 1.807) is 12.1 Å². The Balaban J connectivity index is 2.42. The molecule has 1 fully saturated rings. The zero-order chi connectivity index (χ0) is 16.4. The van der Waals surface area contributed by atoms with Gasteiger partial charge in [0.05, 0.1) is 4.90 Å². The molecular weight excluding hydrogens is 322 g/mol. The predicted octanol–water partition coefficient (Wildman–Crippen LogP) is 3.34. The van der Waals surface area contributed by atoms with Crippen LogP contribution in [0.25, 0.3) is 0 Å². The number of carbonyl (C=O) groups excluding carboxylic acids is 1. The molecule has 1 N–H and O–H groups in total. The Morgan fingerprint density at radius 1 is 1.27 bits per heavy atom. The molecular formula is C16H22ClNO3S. The first-order valence-corrected chi connectivity index (χ1v) is 9.51.